The summed E-state index contributed by atoms with van der Waals surface area (Å²) in [4.78, 5) is 27.1. The highest BCUT2D eigenvalue weighted by Crippen LogP contribution is 2.20. The van der Waals surface area contributed by atoms with Crippen molar-refractivity contribution < 1.29 is 14.7 Å². The van der Waals surface area contributed by atoms with E-state index in [1.165, 1.54) is 0 Å². The van der Waals surface area contributed by atoms with Gasteiger partial charge in [0.25, 0.3) is 0 Å². The first-order chi connectivity index (χ1) is 10.0. The number of nitrogens with one attached hydrogen (secondary N) is 1. The SMILES string of the molecule is Cc1nc2cc(C(=O)O)ccc2n1CCC(=O)NC1CC1. The molecule has 0 atom stereocenters. The van der Waals surface area contributed by atoms with Gasteiger partial charge in [-0.25, -0.2) is 9.78 Å². The number of rotatable bonds is 5. The minimum Gasteiger partial charge on any atom is -0.478 e. The second-order valence-corrected chi connectivity index (χ2v) is 5.41. The average molecular weight is 287 g/mol. The minimum atomic E-state index is -0.965. The van der Waals surface area contributed by atoms with Crippen molar-refractivity contribution in [1.82, 2.24) is 14.9 Å². The van der Waals surface area contributed by atoms with Gasteiger partial charge in [-0.1, -0.05) is 0 Å². The molecule has 2 aromatic rings. The lowest BCUT2D eigenvalue weighted by Gasteiger charge is -2.07. The van der Waals surface area contributed by atoms with Crippen molar-refractivity contribution in [1.29, 1.82) is 0 Å². The van der Waals surface area contributed by atoms with E-state index in [-0.39, 0.29) is 11.5 Å². The molecule has 1 aromatic heterocycles. The summed E-state index contributed by atoms with van der Waals surface area (Å²) in [5.74, 6) is -0.124. The van der Waals surface area contributed by atoms with E-state index in [4.69, 9.17) is 5.11 Å². The van der Waals surface area contributed by atoms with Gasteiger partial charge >= 0.3 is 5.97 Å². The van der Waals surface area contributed by atoms with Crippen LogP contribution in [0.4, 0.5) is 0 Å². The monoisotopic (exact) mass is 287 g/mol. The Morgan fingerprint density at radius 3 is 2.86 bits per heavy atom. The van der Waals surface area contributed by atoms with E-state index in [1.54, 1.807) is 18.2 Å². The van der Waals surface area contributed by atoms with Gasteiger partial charge in [-0.2, -0.15) is 0 Å². The molecule has 1 aliphatic carbocycles. The lowest BCUT2D eigenvalue weighted by atomic mass is 10.2. The summed E-state index contributed by atoms with van der Waals surface area (Å²) in [5, 5.41) is 12.0. The van der Waals surface area contributed by atoms with Crippen LogP contribution in [-0.2, 0) is 11.3 Å². The van der Waals surface area contributed by atoms with Crippen LogP contribution in [0.3, 0.4) is 0 Å². The zero-order valence-corrected chi connectivity index (χ0v) is 11.8. The van der Waals surface area contributed by atoms with Crippen LogP contribution in [0.2, 0.25) is 0 Å². The topological polar surface area (TPSA) is 84.2 Å². The molecule has 0 spiro atoms. The lowest BCUT2D eigenvalue weighted by Crippen LogP contribution is -2.26. The van der Waals surface area contributed by atoms with Crippen LogP contribution in [0.15, 0.2) is 18.2 Å². The molecule has 6 nitrogen and oxygen atoms in total. The third kappa shape index (κ3) is 2.89. The van der Waals surface area contributed by atoms with Crippen molar-refractivity contribution in [3.63, 3.8) is 0 Å². The molecule has 1 heterocycles. The second kappa shape index (κ2) is 5.20. The quantitative estimate of drug-likeness (QED) is 0.876. The highest BCUT2D eigenvalue weighted by molar-refractivity contribution is 5.92. The van der Waals surface area contributed by atoms with Crippen LogP contribution in [0.1, 0.15) is 35.4 Å². The molecule has 1 amide bonds. The van der Waals surface area contributed by atoms with E-state index in [2.05, 4.69) is 10.3 Å². The molecule has 2 N–H and O–H groups in total. The normalized spacial score (nSPS) is 14.3. The van der Waals surface area contributed by atoms with Crippen LogP contribution in [0.25, 0.3) is 11.0 Å². The van der Waals surface area contributed by atoms with Crippen molar-refractivity contribution in [2.24, 2.45) is 0 Å². The molecule has 0 unspecified atom stereocenters. The highest BCUT2D eigenvalue weighted by Gasteiger charge is 2.23. The number of hydrogen-bond acceptors (Lipinski definition) is 3. The van der Waals surface area contributed by atoms with Crippen molar-refractivity contribution in [3.05, 3.63) is 29.6 Å². The predicted octanol–water partition coefficient (Wildman–Crippen LogP) is 1.71. The maximum Gasteiger partial charge on any atom is 0.335 e. The molecule has 1 saturated carbocycles. The van der Waals surface area contributed by atoms with Crippen LogP contribution in [0.5, 0.6) is 0 Å². The Morgan fingerprint density at radius 1 is 1.43 bits per heavy atom. The zero-order chi connectivity index (χ0) is 15.0. The van der Waals surface area contributed by atoms with Crippen LogP contribution in [-0.4, -0.2) is 32.6 Å². The summed E-state index contributed by atoms with van der Waals surface area (Å²) in [6.07, 6.45) is 2.57. The maximum absolute atomic E-state index is 11.8. The van der Waals surface area contributed by atoms with Gasteiger partial charge in [0.2, 0.25) is 5.91 Å². The first-order valence-corrected chi connectivity index (χ1v) is 7.04. The van der Waals surface area contributed by atoms with Gasteiger partial charge in [-0.05, 0) is 38.0 Å². The Balaban J connectivity index is 1.79. The van der Waals surface area contributed by atoms with Crippen molar-refractivity contribution in [3.8, 4) is 0 Å². The number of benzene rings is 1. The lowest BCUT2D eigenvalue weighted by molar-refractivity contribution is -0.121. The Morgan fingerprint density at radius 2 is 2.19 bits per heavy atom. The number of fused-ring (bicyclic) bond motifs is 1. The molecule has 0 saturated heterocycles. The summed E-state index contributed by atoms with van der Waals surface area (Å²) in [5.41, 5.74) is 1.73. The van der Waals surface area contributed by atoms with Gasteiger partial charge < -0.3 is 15.0 Å². The van der Waals surface area contributed by atoms with E-state index in [9.17, 15) is 9.59 Å². The molecule has 6 heteroatoms. The van der Waals surface area contributed by atoms with Crippen LogP contribution in [0, 0.1) is 6.92 Å². The Kier molecular flexibility index (Phi) is 3.37. The van der Waals surface area contributed by atoms with Gasteiger partial charge in [0, 0.05) is 19.0 Å². The molecule has 1 aromatic carbocycles. The first-order valence-electron chi connectivity index (χ1n) is 7.04. The van der Waals surface area contributed by atoms with Crippen molar-refractivity contribution >= 4 is 22.9 Å². The molecule has 0 bridgehead atoms. The number of aromatic carboxylic acids is 1. The number of carboxylic acids is 1. The molecular formula is C15H17N3O3. The number of nitrogens with zero attached hydrogens (tertiary/aromatic N) is 2. The average Bonchev–Trinajstić information content (AvgIpc) is 3.18. The molecule has 0 radical (unpaired) electrons. The van der Waals surface area contributed by atoms with Crippen molar-refractivity contribution in [2.75, 3.05) is 0 Å². The Hall–Kier alpha value is -2.37. The van der Waals surface area contributed by atoms with E-state index in [0.717, 1.165) is 24.2 Å². The molecule has 3 rings (SSSR count). The number of imidazole rings is 1. The highest BCUT2D eigenvalue weighted by atomic mass is 16.4. The standard InChI is InChI=1S/C15H17N3O3/c1-9-16-12-8-10(15(20)21)2-5-13(12)18(9)7-6-14(19)17-11-3-4-11/h2,5,8,11H,3-4,6-7H2,1H3,(H,17,19)(H,20,21). The fourth-order valence-electron chi connectivity index (χ4n) is 2.41. The summed E-state index contributed by atoms with van der Waals surface area (Å²) in [6, 6.07) is 5.24. The predicted molar refractivity (Wildman–Crippen MR) is 77.2 cm³/mol. The fourth-order valence-corrected chi connectivity index (χ4v) is 2.41. The fraction of sp³-hybridized carbons (Fsp3) is 0.400. The molecule has 0 aliphatic heterocycles. The number of carbonyl (C=O) groups is 2. The number of amides is 1. The molecule has 1 aliphatic rings. The van der Waals surface area contributed by atoms with E-state index in [0.29, 0.717) is 24.5 Å². The molecule has 21 heavy (non-hydrogen) atoms. The van der Waals surface area contributed by atoms with Crippen LogP contribution >= 0.6 is 0 Å². The minimum absolute atomic E-state index is 0.0564. The second-order valence-electron chi connectivity index (χ2n) is 5.41. The van der Waals surface area contributed by atoms with E-state index in [1.807, 2.05) is 11.5 Å². The van der Waals surface area contributed by atoms with Gasteiger partial charge in [-0.15, -0.1) is 0 Å². The van der Waals surface area contributed by atoms with Gasteiger partial charge in [0.05, 0.1) is 16.6 Å². The summed E-state index contributed by atoms with van der Waals surface area (Å²) in [6.45, 7) is 2.41. The maximum atomic E-state index is 11.8. The third-order valence-corrected chi connectivity index (χ3v) is 3.69. The van der Waals surface area contributed by atoms with Gasteiger partial charge in [0.15, 0.2) is 0 Å². The first kappa shape index (κ1) is 13.6. The largest absolute Gasteiger partial charge is 0.478 e. The van der Waals surface area contributed by atoms with Crippen molar-refractivity contribution in [2.45, 2.75) is 38.8 Å². The van der Waals surface area contributed by atoms with Gasteiger partial charge in [-0.3, -0.25) is 4.79 Å². The van der Waals surface area contributed by atoms with E-state index >= 15 is 0 Å². The summed E-state index contributed by atoms with van der Waals surface area (Å²) in [7, 11) is 0. The Bertz CT molecular complexity index is 716. The van der Waals surface area contributed by atoms with Gasteiger partial charge in [0.1, 0.15) is 5.82 Å². The summed E-state index contributed by atoms with van der Waals surface area (Å²) < 4.78 is 1.95. The molecule has 1 fully saturated rings. The summed E-state index contributed by atoms with van der Waals surface area (Å²) >= 11 is 0. The smallest absolute Gasteiger partial charge is 0.335 e. The molecular weight excluding hydrogens is 270 g/mol. The number of aryl methyl sites for hydroxylation is 2. The van der Waals surface area contributed by atoms with Crippen LogP contribution < -0.4 is 5.32 Å². The number of carboxylic acid groups (broad SMARTS) is 1. The van der Waals surface area contributed by atoms with E-state index < -0.39 is 5.97 Å². The third-order valence-electron chi connectivity index (χ3n) is 3.69. The number of hydrogen-bond donors (Lipinski definition) is 2. The number of carbonyl (C=O) groups excluding carboxylic acids is 1. The molecule has 110 valence electrons. The zero-order valence-electron chi connectivity index (χ0n) is 11.8. The number of aromatic nitrogens is 2. The Labute approximate surface area is 121 Å².